The molecule has 7 heteroatoms. The minimum atomic E-state index is -0.413. The van der Waals surface area contributed by atoms with Crippen LogP contribution in [0.25, 0.3) is 34.2 Å². The van der Waals surface area contributed by atoms with Crippen LogP contribution in [0.4, 0.5) is 0 Å². The number of benzene rings is 5. The zero-order chi connectivity index (χ0) is 30.1. The minimum Gasteiger partial charge on any atom is -0.457 e. The van der Waals surface area contributed by atoms with Gasteiger partial charge in [-0.25, -0.2) is 24.5 Å². The highest BCUT2D eigenvalue weighted by Crippen LogP contribution is 2.25. The van der Waals surface area contributed by atoms with E-state index in [2.05, 4.69) is 0 Å². The van der Waals surface area contributed by atoms with E-state index in [0.717, 1.165) is 16.7 Å². The summed E-state index contributed by atoms with van der Waals surface area (Å²) in [4.78, 5) is 39.5. The molecule has 0 saturated carbocycles. The van der Waals surface area contributed by atoms with Gasteiger partial charge in [0, 0.05) is 16.7 Å². The summed E-state index contributed by atoms with van der Waals surface area (Å²) >= 11 is 0. The topological polar surface area (TPSA) is 91.3 Å². The summed E-state index contributed by atoms with van der Waals surface area (Å²) < 4.78 is 10.9. The Balaban J connectivity index is 1.23. The zero-order valence-electron chi connectivity index (χ0n) is 23.7. The fourth-order valence-corrected chi connectivity index (χ4v) is 4.47. The Hall–Kier alpha value is -5.95. The van der Waals surface area contributed by atoms with Crippen LogP contribution in [0.5, 0.6) is 0 Å². The fraction of sp³-hybridized carbons (Fsp3) is 0.0541. The first-order chi connectivity index (χ1) is 21.6. The molecule has 0 N–H and O–H groups in total. The Morgan fingerprint density at radius 3 is 1.09 bits per heavy atom. The first-order valence-corrected chi connectivity index (χ1v) is 14.1. The van der Waals surface area contributed by atoms with Gasteiger partial charge in [-0.2, -0.15) is 0 Å². The lowest BCUT2D eigenvalue weighted by atomic mass is 10.1. The van der Waals surface area contributed by atoms with Crippen LogP contribution in [-0.2, 0) is 22.7 Å². The summed E-state index contributed by atoms with van der Waals surface area (Å²) in [6, 6.07) is 42.7. The number of carbonyl (C=O) groups excluding carboxylic acids is 2. The van der Waals surface area contributed by atoms with Gasteiger partial charge in [0.25, 0.3) is 0 Å². The lowest BCUT2D eigenvalue weighted by Gasteiger charge is -2.10. The summed E-state index contributed by atoms with van der Waals surface area (Å²) in [5.41, 5.74) is 4.95. The molecule has 0 aliphatic heterocycles. The molecule has 1 aromatic heterocycles. The third kappa shape index (κ3) is 6.91. The molecule has 0 amide bonds. The van der Waals surface area contributed by atoms with E-state index in [9.17, 15) is 9.59 Å². The van der Waals surface area contributed by atoms with Crippen molar-refractivity contribution in [2.75, 3.05) is 0 Å². The van der Waals surface area contributed by atoms with Gasteiger partial charge in [-0.15, -0.1) is 0 Å². The monoisotopic (exact) mass is 577 g/mol. The van der Waals surface area contributed by atoms with Gasteiger partial charge in [-0.3, -0.25) is 0 Å². The number of aromatic nitrogens is 3. The van der Waals surface area contributed by atoms with Gasteiger partial charge >= 0.3 is 11.9 Å². The zero-order valence-corrected chi connectivity index (χ0v) is 23.7. The van der Waals surface area contributed by atoms with Crippen LogP contribution >= 0.6 is 0 Å². The van der Waals surface area contributed by atoms with E-state index in [1.165, 1.54) is 0 Å². The number of ether oxygens (including phenoxy) is 2. The lowest BCUT2D eigenvalue weighted by Crippen LogP contribution is -2.06. The molecule has 6 aromatic rings. The smallest absolute Gasteiger partial charge is 0.338 e. The van der Waals surface area contributed by atoms with Crippen molar-refractivity contribution in [3.63, 3.8) is 0 Å². The molecule has 7 nitrogen and oxygen atoms in total. The van der Waals surface area contributed by atoms with Gasteiger partial charge < -0.3 is 9.47 Å². The molecule has 0 aliphatic carbocycles. The van der Waals surface area contributed by atoms with Gasteiger partial charge in [0.15, 0.2) is 17.5 Å². The molecule has 0 saturated heterocycles. The number of hydrogen-bond donors (Lipinski definition) is 0. The molecule has 0 spiro atoms. The Bertz CT molecular complexity index is 1740. The first kappa shape index (κ1) is 28.2. The van der Waals surface area contributed by atoms with Crippen molar-refractivity contribution in [1.29, 1.82) is 0 Å². The van der Waals surface area contributed by atoms with Crippen molar-refractivity contribution in [3.8, 4) is 34.2 Å². The molecular weight excluding hydrogens is 550 g/mol. The van der Waals surface area contributed by atoms with Crippen LogP contribution in [0, 0.1) is 0 Å². The maximum Gasteiger partial charge on any atom is 0.338 e. The Morgan fingerprint density at radius 2 is 0.727 bits per heavy atom. The Morgan fingerprint density at radius 1 is 0.409 bits per heavy atom. The quantitative estimate of drug-likeness (QED) is 0.164. The van der Waals surface area contributed by atoms with Gasteiger partial charge in [-0.05, 0) is 35.4 Å². The highest BCUT2D eigenvalue weighted by atomic mass is 16.5. The van der Waals surface area contributed by atoms with Gasteiger partial charge in [0.2, 0.25) is 0 Å². The second-order valence-corrected chi connectivity index (χ2v) is 9.95. The van der Waals surface area contributed by atoms with E-state index in [4.69, 9.17) is 24.4 Å². The van der Waals surface area contributed by atoms with Crippen molar-refractivity contribution in [2.45, 2.75) is 13.2 Å². The van der Waals surface area contributed by atoms with Crippen molar-refractivity contribution in [1.82, 2.24) is 15.0 Å². The molecule has 0 radical (unpaired) electrons. The molecule has 0 atom stereocenters. The second kappa shape index (κ2) is 13.4. The van der Waals surface area contributed by atoms with Crippen LogP contribution in [0.1, 0.15) is 31.8 Å². The SMILES string of the molecule is O=C(OCc1ccccc1)c1ccc(-c2nc(-c3ccccc3)nc(-c3ccc(C(=O)OCc4ccccc4)cc3)n2)cc1. The van der Waals surface area contributed by atoms with E-state index < -0.39 is 11.9 Å². The predicted octanol–water partition coefficient (Wildman–Crippen LogP) is 7.59. The second-order valence-electron chi connectivity index (χ2n) is 9.95. The molecule has 0 unspecified atom stereocenters. The number of esters is 2. The third-order valence-electron chi connectivity index (χ3n) is 6.85. The maximum atomic E-state index is 12.6. The van der Waals surface area contributed by atoms with Crippen LogP contribution in [0.15, 0.2) is 140 Å². The van der Waals surface area contributed by atoms with Gasteiger partial charge in [0.05, 0.1) is 11.1 Å². The number of nitrogens with zero attached hydrogens (tertiary/aromatic N) is 3. The summed E-state index contributed by atoms with van der Waals surface area (Å²) in [6.45, 7) is 0.393. The molecule has 1 heterocycles. The summed E-state index contributed by atoms with van der Waals surface area (Å²) in [5.74, 6) is 0.574. The molecule has 0 aliphatic rings. The highest BCUT2D eigenvalue weighted by molar-refractivity contribution is 5.90. The van der Waals surface area contributed by atoms with E-state index >= 15 is 0 Å². The Labute approximate surface area is 254 Å². The normalized spacial score (nSPS) is 10.6. The van der Waals surface area contributed by atoms with Crippen LogP contribution in [-0.4, -0.2) is 26.9 Å². The van der Waals surface area contributed by atoms with E-state index in [0.29, 0.717) is 39.7 Å². The van der Waals surface area contributed by atoms with Gasteiger partial charge in [0.1, 0.15) is 13.2 Å². The summed E-state index contributed by atoms with van der Waals surface area (Å²) in [7, 11) is 0. The molecule has 5 aromatic carbocycles. The van der Waals surface area contributed by atoms with Crippen LogP contribution in [0.3, 0.4) is 0 Å². The molecule has 214 valence electrons. The van der Waals surface area contributed by atoms with Crippen molar-refractivity contribution >= 4 is 11.9 Å². The molecule has 6 rings (SSSR count). The highest BCUT2D eigenvalue weighted by Gasteiger charge is 2.15. The summed E-state index contributed by atoms with van der Waals surface area (Å²) in [6.07, 6.45) is 0. The molecule has 44 heavy (non-hydrogen) atoms. The summed E-state index contributed by atoms with van der Waals surface area (Å²) in [5, 5.41) is 0. The largest absolute Gasteiger partial charge is 0.457 e. The first-order valence-electron chi connectivity index (χ1n) is 14.1. The standard InChI is InChI=1S/C37H27N3O4/c41-36(43-24-26-10-4-1-5-11-26)31-20-16-29(17-21-31)34-38-33(28-14-8-3-9-15-28)39-35(40-34)30-18-22-32(23-19-30)37(42)44-25-27-12-6-2-7-13-27/h1-23H,24-25H2. The van der Waals surface area contributed by atoms with E-state index in [-0.39, 0.29) is 13.2 Å². The van der Waals surface area contributed by atoms with Crippen molar-refractivity contribution < 1.29 is 19.1 Å². The van der Waals surface area contributed by atoms with Crippen LogP contribution in [0.2, 0.25) is 0 Å². The average Bonchev–Trinajstić information content (AvgIpc) is 3.11. The van der Waals surface area contributed by atoms with E-state index in [1.807, 2.05) is 91.0 Å². The predicted molar refractivity (Wildman–Crippen MR) is 167 cm³/mol. The maximum absolute atomic E-state index is 12.6. The lowest BCUT2D eigenvalue weighted by molar-refractivity contribution is 0.0464. The Kier molecular flexibility index (Phi) is 8.55. The van der Waals surface area contributed by atoms with Crippen LogP contribution < -0.4 is 0 Å². The molecule has 0 bridgehead atoms. The molecule has 0 fully saturated rings. The average molecular weight is 578 g/mol. The van der Waals surface area contributed by atoms with Crippen molar-refractivity contribution in [2.24, 2.45) is 0 Å². The van der Waals surface area contributed by atoms with Crippen molar-refractivity contribution in [3.05, 3.63) is 162 Å². The molecular formula is C37H27N3O4. The minimum absolute atomic E-state index is 0.197. The third-order valence-corrected chi connectivity index (χ3v) is 6.85. The fourth-order valence-electron chi connectivity index (χ4n) is 4.47. The number of rotatable bonds is 9. The number of carbonyl (C=O) groups is 2. The van der Waals surface area contributed by atoms with Gasteiger partial charge in [-0.1, -0.05) is 115 Å². The van der Waals surface area contributed by atoms with E-state index in [1.54, 1.807) is 48.5 Å². The number of hydrogen-bond acceptors (Lipinski definition) is 7.